The molecular weight excluding hydrogens is 226 g/mol. The largest absolute Gasteiger partial charge is 0.507 e. The lowest BCUT2D eigenvalue weighted by atomic mass is 10.0. The number of aldehydes is 1. The van der Waals surface area contributed by atoms with E-state index in [9.17, 15) is 18.7 Å². The second kappa shape index (κ2) is 4.33. The van der Waals surface area contributed by atoms with E-state index in [1.165, 1.54) is 24.3 Å². The molecule has 4 heteroatoms. The van der Waals surface area contributed by atoms with Crippen molar-refractivity contribution >= 4 is 6.29 Å². The average Bonchev–Trinajstić information content (AvgIpc) is 2.30. The molecule has 0 aliphatic carbocycles. The molecule has 0 saturated heterocycles. The number of hydrogen-bond acceptors (Lipinski definition) is 2. The molecule has 0 saturated carbocycles. The van der Waals surface area contributed by atoms with Crippen LogP contribution in [0.15, 0.2) is 36.4 Å². The van der Waals surface area contributed by atoms with Gasteiger partial charge in [0.15, 0.2) is 6.29 Å². The highest BCUT2D eigenvalue weighted by molar-refractivity contribution is 5.85. The van der Waals surface area contributed by atoms with Crippen molar-refractivity contribution in [2.24, 2.45) is 0 Å². The van der Waals surface area contributed by atoms with E-state index in [-0.39, 0.29) is 22.4 Å². The summed E-state index contributed by atoms with van der Waals surface area (Å²) in [5.74, 6) is -1.80. The second-order valence-electron chi connectivity index (χ2n) is 3.49. The summed E-state index contributed by atoms with van der Waals surface area (Å²) in [6.07, 6.45) is 0.472. The smallest absolute Gasteiger partial charge is 0.153 e. The van der Waals surface area contributed by atoms with Crippen LogP contribution in [-0.4, -0.2) is 11.4 Å². The van der Waals surface area contributed by atoms with Gasteiger partial charge in [0.2, 0.25) is 0 Å². The molecule has 0 aliphatic heterocycles. The van der Waals surface area contributed by atoms with Gasteiger partial charge in [-0.3, -0.25) is 4.79 Å². The molecule has 0 heterocycles. The molecule has 0 bridgehead atoms. The molecule has 2 nitrogen and oxygen atoms in total. The van der Waals surface area contributed by atoms with E-state index in [4.69, 9.17) is 0 Å². The van der Waals surface area contributed by atoms with Crippen LogP contribution in [0, 0.1) is 11.6 Å². The Balaban J connectivity index is 2.64. The molecule has 2 rings (SSSR count). The van der Waals surface area contributed by atoms with Gasteiger partial charge in [-0.25, -0.2) is 8.78 Å². The highest BCUT2D eigenvalue weighted by Crippen LogP contribution is 2.33. The Labute approximate surface area is 96.1 Å². The van der Waals surface area contributed by atoms with E-state index in [1.807, 2.05) is 0 Å². The number of carbonyl (C=O) groups excluding carboxylic acids is 1. The lowest BCUT2D eigenvalue weighted by Gasteiger charge is -2.07. The fourth-order valence-corrected chi connectivity index (χ4v) is 1.58. The first-order valence-electron chi connectivity index (χ1n) is 4.86. The number of phenols is 1. The lowest BCUT2D eigenvalue weighted by Crippen LogP contribution is -1.89. The predicted molar refractivity (Wildman–Crippen MR) is 58.8 cm³/mol. The van der Waals surface area contributed by atoms with Crippen LogP contribution in [0.1, 0.15) is 10.4 Å². The summed E-state index contributed by atoms with van der Waals surface area (Å²) in [5, 5.41) is 9.74. The first-order valence-corrected chi connectivity index (χ1v) is 4.86. The monoisotopic (exact) mass is 234 g/mol. The van der Waals surface area contributed by atoms with Gasteiger partial charge in [0, 0.05) is 17.2 Å². The minimum Gasteiger partial charge on any atom is -0.507 e. The molecule has 17 heavy (non-hydrogen) atoms. The second-order valence-corrected chi connectivity index (χ2v) is 3.49. The first-order chi connectivity index (χ1) is 8.13. The van der Waals surface area contributed by atoms with Crippen LogP contribution in [0.2, 0.25) is 0 Å². The Hall–Kier alpha value is -2.23. The molecule has 0 fully saturated rings. The first kappa shape index (κ1) is 11.3. The summed E-state index contributed by atoms with van der Waals surface area (Å²) >= 11 is 0. The van der Waals surface area contributed by atoms with Gasteiger partial charge in [0.25, 0.3) is 0 Å². The maximum atomic E-state index is 13.5. The molecule has 0 spiro atoms. The molecule has 0 atom stereocenters. The Morgan fingerprint density at radius 2 is 1.82 bits per heavy atom. The molecule has 2 aromatic rings. The summed E-state index contributed by atoms with van der Waals surface area (Å²) in [4.78, 5) is 10.6. The maximum absolute atomic E-state index is 13.5. The van der Waals surface area contributed by atoms with Crippen molar-refractivity contribution in [3.05, 3.63) is 53.6 Å². The van der Waals surface area contributed by atoms with Gasteiger partial charge >= 0.3 is 0 Å². The number of halogens is 2. The van der Waals surface area contributed by atoms with Gasteiger partial charge in [0.05, 0.1) is 5.56 Å². The molecule has 86 valence electrons. The van der Waals surface area contributed by atoms with E-state index in [0.29, 0.717) is 6.29 Å². The number of carbonyl (C=O) groups is 1. The van der Waals surface area contributed by atoms with Crippen LogP contribution < -0.4 is 0 Å². The molecule has 0 unspecified atom stereocenters. The third-order valence-electron chi connectivity index (χ3n) is 2.42. The fraction of sp³-hybridized carbons (Fsp3) is 0. The zero-order chi connectivity index (χ0) is 12.4. The van der Waals surface area contributed by atoms with Crippen LogP contribution in [0.4, 0.5) is 8.78 Å². The summed E-state index contributed by atoms with van der Waals surface area (Å²) < 4.78 is 26.3. The van der Waals surface area contributed by atoms with Gasteiger partial charge in [-0.05, 0) is 18.2 Å². The summed E-state index contributed by atoms with van der Waals surface area (Å²) in [6.45, 7) is 0. The van der Waals surface area contributed by atoms with Crippen molar-refractivity contribution in [1.82, 2.24) is 0 Å². The van der Waals surface area contributed by atoms with E-state index in [2.05, 4.69) is 0 Å². The van der Waals surface area contributed by atoms with Crippen molar-refractivity contribution in [3.8, 4) is 16.9 Å². The lowest BCUT2D eigenvalue weighted by molar-refractivity contribution is 0.112. The number of benzene rings is 2. The van der Waals surface area contributed by atoms with E-state index >= 15 is 0 Å². The number of hydrogen-bond donors (Lipinski definition) is 1. The third-order valence-corrected chi connectivity index (χ3v) is 2.42. The Bertz CT molecular complexity index is 580. The Kier molecular flexibility index (Phi) is 2.87. The van der Waals surface area contributed by atoms with Crippen molar-refractivity contribution in [3.63, 3.8) is 0 Å². The zero-order valence-electron chi connectivity index (χ0n) is 8.65. The zero-order valence-corrected chi connectivity index (χ0v) is 8.65. The van der Waals surface area contributed by atoms with E-state index < -0.39 is 11.6 Å². The number of rotatable bonds is 2. The van der Waals surface area contributed by atoms with Crippen LogP contribution in [0.3, 0.4) is 0 Å². The van der Waals surface area contributed by atoms with Gasteiger partial charge in [-0.2, -0.15) is 0 Å². The molecule has 2 aromatic carbocycles. The van der Waals surface area contributed by atoms with E-state index in [1.54, 1.807) is 0 Å². The predicted octanol–water partition coefficient (Wildman–Crippen LogP) is 3.15. The summed E-state index contributed by atoms with van der Waals surface area (Å²) in [6, 6.07) is 7.41. The Morgan fingerprint density at radius 1 is 1.06 bits per heavy atom. The van der Waals surface area contributed by atoms with E-state index in [0.717, 1.165) is 12.1 Å². The quantitative estimate of drug-likeness (QED) is 0.810. The molecule has 0 amide bonds. The summed E-state index contributed by atoms with van der Waals surface area (Å²) in [5.41, 5.74) is 0.269. The van der Waals surface area contributed by atoms with Crippen LogP contribution in [-0.2, 0) is 0 Å². The minimum absolute atomic E-state index is 0.0487. The van der Waals surface area contributed by atoms with Crippen molar-refractivity contribution < 1.29 is 18.7 Å². The van der Waals surface area contributed by atoms with Gasteiger partial charge < -0.3 is 5.11 Å². The number of phenolic OH excluding ortho intramolecular Hbond substituents is 1. The summed E-state index contributed by atoms with van der Waals surface area (Å²) in [7, 11) is 0. The maximum Gasteiger partial charge on any atom is 0.153 e. The number of para-hydroxylation sites is 1. The molecule has 0 aliphatic rings. The molecule has 1 N–H and O–H groups in total. The standard InChI is InChI=1S/C13H8F2O2/c14-9-4-5-10(12(15)6-9)11-3-1-2-8(7-16)13(11)17/h1-7,17H. The van der Waals surface area contributed by atoms with Gasteiger partial charge in [-0.1, -0.05) is 12.1 Å². The average molecular weight is 234 g/mol. The van der Waals surface area contributed by atoms with Crippen LogP contribution >= 0.6 is 0 Å². The molecule has 0 radical (unpaired) electrons. The highest BCUT2D eigenvalue weighted by atomic mass is 19.1. The topological polar surface area (TPSA) is 37.3 Å². The van der Waals surface area contributed by atoms with Gasteiger partial charge in [-0.15, -0.1) is 0 Å². The highest BCUT2D eigenvalue weighted by Gasteiger charge is 2.12. The van der Waals surface area contributed by atoms with Crippen LogP contribution in [0.25, 0.3) is 11.1 Å². The Morgan fingerprint density at radius 3 is 2.47 bits per heavy atom. The molecular formula is C13H8F2O2. The van der Waals surface area contributed by atoms with Crippen molar-refractivity contribution in [1.29, 1.82) is 0 Å². The SMILES string of the molecule is O=Cc1cccc(-c2ccc(F)cc2F)c1O. The normalized spacial score (nSPS) is 10.2. The molecule has 0 aromatic heterocycles. The van der Waals surface area contributed by atoms with Crippen molar-refractivity contribution in [2.45, 2.75) is 0 Å². The minimum atomic E-state index is -0.789. The van der Waals surface area contributed by atoms with Crippen molar-refractivity contribution in [2.75, 3.05) is 0 Å². The van der Waals surface area contributed by atoms with Crippen LogP contribution in [0.5, 0.6) is 5.75 Å². The third kappa shape index (κ3) is 2.01. The van der Waals surface area contributed by atoms with Gasteiger partial charge in [0.1, 0.15) is 17.4 Å². The fourth-order valence-electron chi connectivity index (χ4n) is 1.58. The number of aromatic hydroxyl groups is 1.